The maximum Gasteiger partial charge on any atom is 0.297 e. The molecule has 0 saturated heterocycles. The van der Waals surface area contributed by atoms with Crippen molar-refractivity contribution in [3.8, 4) is 11.4 Å². The first-order valence-electron chi connectivity index (χ1n) is 15.8. The maximum atomic E-state index is 13.5. The van der Waals surface area contributed by atoms with E-state index in [4.69, 9.17) is 32.4 Å². The van der Waals surface area contributed by atoms with E-state index in [1.54, 1.807) is 48.7 Å². The average Bonchev–Trinajstić information content (AvgIpc) is 3.53. The molecule has 8 nitrogen and oxygen atoms in total. The van der Waals surface area contributed by atoms with Crippen LogP contribution >= 0.6 is 34.5 Å². The SMILES string of the molecule is CC(C)(C)[Si](OCCOc1cccn(-c2ccc(NC[C@H](O)CNC(=O)c3ccc(Cl)s3)cc2Cl)c1=O)(c1ccccc1)c1ccccc1. The van der Waals surface area contributed by atoms with Crippen molar-refractivity contribution in [2.75, 3.05) is 31.6 Å². The number of ether oxygens (including phenoxy) is 1. The number of anilines is 1. The number of nitrogens with one attached hydrogen (secondary N) is 2. The van der Waals surface area contributed by atoms with E-state index in [-0.39, 0.29) is 42.0 Å². The summed E-state index contributed by atoms with van der Waals surface area (Å²) in [6.07, 6.45) is 0.783. The van der Waals surface area contributed by atoms with Crippen LogP contribution in [0.15, 0.2) is 114 Å². The standard InChI is InChI=1S/C37H39Cl2N3O5SSi/c1-37(2,3)49(28-11-6-4-7-12-28,29-13-8-5-9-14-29)47-22-21-46-32-15-10-20-42(36(32)45)31-17-16-26(23-30(31)38)40-24-27(43)25-41-35(44)33-18-19-34(39)48-33/h4-20,23,27,40,43H,21-22,24-25H2,1-3H3,(H,41,44)/t27-/m0/s1. The van der Waals surface area contributed by atoms with Gasteiger partial charge in [0.15, 0.2) is 5.75 Å². The maximum absolute atomic E-state index is 13.5. The largest absolute Gasteiger partial charge is 0.485 e. The molecule has 2 heterocycles. The number of thiophene rings is 1. The Morgan fingerprint density at radius 1 is 0.898 bits per heavy atom. The summed E-state index contributed by atoms with van der Waals surface area (Å²) in [6, 6.07) is 32.5. The first-order chi connectivity index (χ1) is 23.5. The van der Waals surface area contributed by atoms with Crippen LogP contribution in [0.2, 0.25) is 14.4 Å². The summed E-state index contributed by atoms with van der Waals surface area (Å²) in [5, 5.41) is 18.7. The number of amides is 1. The van der Waals surface area contributed by atoms with Gasteiger partial charge in [-0.05, 0) is 57.9 Å². The minimum Gasteiger partial charge on any atom is -0.485 e. The summed E-state index contributed by atoms with van der Waals surface area (Å²) in [6.45, 7) is 7.34. The molecule has 49 heavy (non-hydrogen) atoms. The lowest BCUT2D eigenvalue weighted by atomic mass is 10.2. The number of nitrogens with zero attached hydrogens (tertiary/aromatic N) is 1. The van der Waals surface area contributed by atoms with Crippen molar-refractivity contribution in [1.29, 1.82) is 0 Å². The number of pyridine rings is 1. The second-order valence-corrected chi connectivity index (χ2v) is 18.9. The summed E-state index contributed by atoms with van der Waals surface area (Å²) < 4.78 is 14.9. The highest BCUT2D eigenvalue weighted by Gasteiger charge is 2.50. The summed E-state index contributed by atoms with van der Waals surface area (Å²) >= 11 is 13.7. The molecule has 0 saturated carbocycles. The van der Waals surface area contributed by atoms with E-state index in [1.807, 2.05) is 36.4 Å². The molecule has 0 bridgehead atoms. The van der Waals surface area contributed by atoms with Crippen molar-refractivity contribution < 1.29 is 19.1 Å². The van der Waals surface area contributed by atoms with E-state index < -0.39 is 14.4 Å². The molecule has 3 N–H and O–H groups in total. The Bertz CT molecular complexity index is 1880. The molecule has 0 aliphatic rings. The number of aliphatic hydroxyl groups is 1. The minimum atomic E-state index is -2.74. The highest BCUT2D eigenvalue weighted by molar-refractivity contribution is 7.18. The van der Waals surface area contributed by atoms with Crippen LogP contribution in [-0.2, 0) is 4.43 Å². The van der Waals surface area contributed by atoms with Crippen LogP contribution in [0.4, 0.5) is 5.69 Å². The Kier molecular flexibility index (Phi) is 12.0. The third-order valence-corrected chi connectivity index (χ3v) is 14.6. The third-order valence-electron chi connectivity index (χ3n) is 8.03. The number of rotatable bonds is 14. The van der Waals surface area contributed by atoms with E-state index >= 15 is 0 Å². The smallest absolute Gasteiger partial charge is 0.297 e. The second-order valence-electron chi connectivity index (χ2n) is 12.4. The van der Waals surface area contributed by atoms with Gasteiger partial charge in [-0.1, -0.05) is 105 Å². The third kappa shape index (κ3) is 8.64. The number of halogens is 2. The normalized spacial score (nSPS) is 12.4. The highest BCUT2D eigenvalue weighted by atomic mass is 35.5. The van der Waals surface area contributed by atoms with Crippen LogP contribution in [0, 0.1) is 0 Å². The Hall–Kier alpha value is -3.90. The van der Waals surface area contributed by atoms with Crippen LogP contribution in [0.3, 0.4) is 0 Å². The predicted octanol–water partition coefficient (Wildman–Crippen LogP) is 6.36. The van der Waals surface area contributed by atoms with Gasteiger partial charge in [0.2, 0.25) is 0 Å². The van der Waals surface area contributed by atoms with Gasteiger partial charge in [-0.15, -0.1) is 11.3 Å². The Balaban J connectivity index is 1.22. The van der Waals surface area contributed by atoms with Crippen molar-refractivity contribution in [2.24, 2.45) is 0 Å². The van der Waals surface area contributed by atoms with Gasteiger partial charge >= 0.3 is 0 Å². The Labute approximate surface area is 301 Å². The predicted molar refractivity (Wildman–Crippen MR) is 202 cm³/mol. The molecule has 1 amide bonds. The summed E-state index contributed by atoms with van der Waals surface area (Å²) in [5.74, 6) is -0.117. The van der Waals surface area contributed by atoms with Gasteiger partial charge < -0.3 is 24.9 Å². The van der Waals surface area contributed by atoms with Gasteiger partial charge in [-0.25, -0.2) is 0 Å². The van der Waals surface area contributed by atoms with Crippen LogP contribution in [0.5, 0.6) is 5.75 Å². The molecule has 0 fully saturated rings. The van der Waals surface area contributed by atoms with Crippen molar-refractivity contribution in [2.45, 2.75) is 31.9 Å². The lowest BCUT2D eigenvalue weighted by molar-refractivity contribution is 0.0926. The van der Waals surface area contributed by atoms with Crippen LogP contribution in [-0.4, -0.2) is 56.3 Å². The molecular formula is C37H39Cl2N3O5SSi. The summed E-state index contributed by atoms with van der Waals surface area (Å²) in [7, 11) is -2.74. The van der Waals surface area contributed by atoms with Crippen molar-refractivity contribution in [3.63, 3.8) is 0 Å². The van der Waals surface area contributed by atoms with Crippen LogP contribution < -0.4 is 31.3 Å². The number of carbonyl (C=O) groups excluding carboxylic acids is 1. The number of carbonyl (C=O) groups is 1. The van der Waals surface area contributed by atoms with E-state index in [9.17, 15) is 14.7 Å². The lowest BCUT2D eigenvalue weighted by Gasteiger charge is -2.43. The topological polar surface area (TPSA) is 102 Å². The van der Waals surface area contributed by atoms with E-state index in [0.29, 0.717) is 32.2 Å². The van der Waals surface area contributed by atoms with Gasteiger partial charge in [0, 0.05) is 25.0 Å². The number of hydrogen-bond donors (Lipinski definition) is 3. The zero-order chi connectivity index (χ0) is 35.0. The zero-order valence-electron chi connectivity index (χ0n) is 27.5. The molecule has 12 heteroatoms. The zero-order valence-corrected chi connectivity index (χ0v) is 30.8. The fraction of sp³-hybridized carbons (Fsp3) is 0.243. The molecule has 0 aliphatic heterocycles. The number of aliphatic hydroxyl groups excluding tert-OH is 1. The summed E-state index contributed by atoms with van der Waals surface area (Å²) in [5.41, 5.74) is 0.771. The summed E-state index contributed by atoms with van der Waals surface area (Å²) in [4.78, 5) is 26.2. The molecule has 1 atom stereocenters. The fourth-order valence-corrected chi connectivity index (χ4v) is 11.5. The molecule has 3 aromatic carbocycles. The van der Waals surface area contributed by atoms with E-state index in [2.05, 4.69) is 55.7 Å². The molecule has 2 aromatic heterocycles. The van der Waals surface area contributed by atoms with Crippen LogP contribution in [0.25, 0.3) is 5.69 Å². The quantitative estimate of drug-likeness (QED) is 0.0907. The molecule has 256 valence electrons. The lowest BCUT2D eigenvalue weighted by Crippen LogP contribution is -2.66. The van der Waals surface area contributed by atoms with Crippen molar-refractivity contribution in [3.05, 3.63) is 134 Å². The molecule has 5 aromatic rings. The van der Waals surface area contributed by atoms with Gasteiger partial charge in [0.1, 0.15) is 6.61 Å². The van der Waals surface area contributed by atoms with Gasteiger partial charge in [0.25, 0.3) is 19.8 Å². The Morgan fingerprint density at radius 2 is 1.57 bits per heavy atom. The van der Waals surface area contributed by atoms with Crippen molar-refractivity contribution in [1.82, 2.24) is 9.88 Å². The number of hydrogen-bond acceptors (Lipinski definition) is 7. The number of benzene rings is 3. The van der Waals surface area contributed by atoms with Gasteiger partial charge in [-0.3, -0.25) is 14.2 Å². The average molecular weight is 737 g/mol. The second kappa shape index (κ2) is 16.2. The minimum absolute atomic E-state index is 0.0539. The van der Waals surface area contributed by atoms with Crippen LogP contribution in [0.1, 0.15) is 30.4 Å². The molecule has 0 aliphatic carbocycles. The molecule has 0 radical (unpaired) electrons. The van der Waals surface area contributed by atoms with Gasteiger partial charge in [0.05, 0.1) is 32.6 Å². The molecule has 0 unspecified atom stereocenters. The van der Waals surface area contributed by atoms with E-state index in [0.717, 1.165) is 0 Å². The molecular weight excluding hydrogens is 697 g/mol. The fourth-order valence-electron chi connectivity index (χ4n) is 5.74. The Morgan fingerprint density at radius 3 is 2.16 bits per heavy atom. The van der Waals surface area contributed by atoms with Gasteiger partial charge in [-0.2, -0.15) is 0 Å². The molecule has 0 spiro atoms. The van der Waals surface area contributed by atoms with Crippen molar-refractivity contribution >= 4 is 64.8 Å². The first-order valence-corrected chi connectivity index (χ1v) is 19.3. The monoisotopic (exact) mass is 735 g/mol. The highest BCUT2D eigenvalue weighted by Crippen LogP contribution is 2.36. The number of aromatic nitrogens is 1. The van der Waals surface area contributed by atoms with E-state index in [1.165, 1.54) is 26.3 Å². The first kappa shape index (κ1) is 36.4. The molecule has 5 rings (SSSR count).